The van der Waals surface area contributed by atoms with Gasteiger partial charge in [0.05, 0.1) is 10.3 Å². The largest absolute Gasteiger partial charge is 0.342 e. The van der Waals surface area contributed by atoms with Crippen LogP contribution >= 0.6 is 47.4 Å². The standard InChI is InChI=1S/C15H20Cl2N2OS.ClH/c1-10(21-14-9-11(16)3-4-13(14)17)15(20)19-7-5-12(18-2)6-8-19;/h3-4,9-10,12,18H,5-8H2,1-2H3;1H. The Hall–Kier alpha value is -0.130. The van der Waals surface area contributed by atoms with E-state index in [2.05, 4.69) is 5.32 Å². The number of amides is 1. The monoisotopic (exact) mass is 382 g/mol. The van der Waals surface area contributed by atoms with E-state index in [-0.39, 0.29) is 23.6 Å². The third kappa shape index (κ3) is 5.20. The second-order valence-corrected chi connectivity index (χ2v) is 7.45. The van der Waals surface area contributed by atoms with Gasteiger partial charge in [0.15, 0.2) is 0 Å². The van der Waals surface area contributed by atoms with Crippen LogP contribution in [0, 0.1) is 0 Å². The Bertz CT molecular complexity index is 508. The molecule has 124 valence electrons. The van der Waals surface area contributed by atoms with Gasteiger partial charge in [-0.15, -0.1) is 24.2 Å². The number of hydrogen-bond donors (Lipinski definition) is 1. The zero-order valence-corrected chi connectivity index (χ0v) is 15.8. The molecule has 22 heavy (non-hydrogen) atoms. The predicted octanol–water partition coefficient (Wildman–Crippen LogP) is 4.11. The molecule has 0 aliphatic carbocycles. The Morgan fingerprint density at radius 2 is 2.00 bits per heavy atom. The summed E-state index contributed by atoms with van der Waals surface area (Å²) in [6.07, 6.45) is 2.02. The smallest absolute Gasteiger partial charge is 0.235 e. The molecule has 7 heteroatoms. The second-order valence-electron chi connectivity index (χ2n) is 5.22. The molecule has 1 aliphatic heterocycles. The van der Waals surface area contributed by atoms with Gasteiger partial charge in [-0.1, -0.05) is 23.2 Å². The lowest BCUT2D eigenvalue weighted by atomic mass is 10.1. The van der Waals surface area contributed by atoms with Crippen molar-refractivity contribution in [3.05, 3.63) is 28.2 Å². The molecule has 0 spiro atoms. The summed E-state index contributed by atoms with van der Waals surface area (Å²) in [5.74, 6) is 0.172. The number of thioether (sulfide) groups is 1. The first-order valence-corrected chi connectivity index (χ1v) is 8.72. The van der Waals surface area contributed by atoms with Crippen LogP contribution in [0.3, 0.4) is 0 Å². The van der Waals surface area contributed by atoms with Crippen LogP contribution in [0.5, 0.6) is 0 Å². The summed E-state index contributed by atoms with van der Waals surface area (Å²) in [5.41, 5.74) is 0. The summed E-state index contributed by atoms with van der Waals surface area (Å²) >= 11 is 13.6. The minimum absolute atomic E-state index is 0. The Kier molecular flexibility index (Phi) is 8.36. The van der Waals surface area contributed by atoms with Gasteiger partial charge in [0.25, 0.3) is 0 Å². The van der Waals surface area contributed by atoms with E-state index in [4.69, 9.17) is 23.2 Å². The summed E-state index contributed by atoms with van der Waals surface area (Å²) in [6, 6.07) is 5.86. The van der Waals surface area contributed by atoms with Gasteiger partial charge in [0.1, 0.15) is 0 Å². The average molecular weight is 384 g/mol. The molecule has 1 aromatic carbocycles. The number of nitrogens with one attached hydrogen (secondary N) is 1. The number of halogens is 3. The van der Waals surface area contributed by atoms with Gasteiger partial charge >= 0.3 is 0 Å². The third-order valence-electron chi connectivity index (χ3n) is 3.76. The lowest BCUT2D eigenvalue weighted by Crippen LogP contribution is -2.46. The van der Waals surface area contributed by atoms with Gasteiger partial charge in [-0.2, -0.15) is 0 Å². The van der Waals surface area contributed by atoms with E-state index in [1.54, 1.807) is 12.1 Å². The van der Waals surface area contributed by atoms with Crippen molar-refractivity contribution in [1.82, 2.24) is 10.2 Å². The summed E-state index contributed by atoms with van der Waals surface area (Å²) in [5, 5.41) is 4.38. The van der Waals surface area contributed by atoms with E-state index in [0.717, 1.165) is 30.8 Å². The Labute approximate surface area is 152 Å². The Morgan fingerprint density at radius 3 is 2.59 bits per heavy atom. The maximum Gasteiger partial charge on any atom is 0.235 e. The summed E-state index contributed by atoms with van der Waals surface area (Å²) in [7, 11) is 1.97. The van der Waals surface area contributed by atoms with Gasteiger partial charge in [0, 0.05) is 29.0 Å². The van der Waals surface area contributed by atoms with Crippen molar-refractivity contribution in [1.29, 1.82) is 0 Å². The van der Waals surface area contributed by atoms with E-state index in [1.165, 1.54) is 11.8 Å². The molecule has 1 saturated heterocycles. The van der Waals surface area contributed by atoms with Crippen LogP contribution in [-0.4, -0.2) is 42.2 Å². The van der Waals surface area contributed by atoms with Crippen LogP contribution in [-0.2, 0) is 4.79 Å². The fourth-order valence-corrected chi connectivity index (χ4v) is 3.95. The van der Waals surface area contributed by atoms with Crippen LogP contribution in [0.1, 0.15) is 19.8 Å². The Morgan fingerprint density at radius 1 is 1.36 bits per heavy atom. The number of likely N-dealkylation sites (tertiary alicyclic amines) is 1. The SMILES string of the molecule is CNC1CCN(C(=O)C(C)Sc2cc(Cl)ccc2Cl)CC1.Cl. The average Bonchev–Trinajstić information content (AvgIpc) is 2.50. The minimum atomic E-state index is -0.160. The van der Waals surface area contributed by atoms with Crippen LogP contribution in [0.4, 0.5) is 0 Å². The highest BCUT2D eigenvalue weighted by atomic mass is 35.5. The molecule has 0 aromatic heterocycles. The van der Waals surface area contributed by atoms with Crippen molar-refractivity contribution in [3.63, 3.8) is 0 Å². The van der Waals surface area contributed by atoms with Crippen molar-refractivity contribution in [2.24, 2.45) is 0 Å². The van der Waals surface area contributed by atoms with E-state index in [1.807, 2.05) is 24.9 Å². The van der Waals surface area contributed by atoms with Gasteiger partial charge in [-0.3, -0.25) is 4.79 Å². The highest BCUT2D eigenvalue weighted by molar-refractivity contribution is 8.00. The molecule has 1 aromatic rings. The van der Waals surface area contributed by atoms with Gasteiger partial charge in [-0.25, -0.2) is 0 Å². The quantitative estimate of drug-likeness (QED) is 0.794. The second kappa shape index (κ2) is 9.24. The van der Waals surface area contributed by atoms with Crippen LogP contribution in [0.15, 0.2) is 23.1 Å². The van der Waals surface area contributed by atoms with Gasteiger partial charge in [-0.05, 0) is 45.0 Å². The first-order valence-electron chi connectivity index (χ1n) is 7.09. The highest BCUT2D eigenvalue weighted by Crippen LogP contribution is 2.33. The first-order chi connectivity index (χ1) is 10.0. The van der Waals surface area contributed by atoms with Crippen molar-refractivity contribution in [2.45, 2.75) is 36.0 Å². The molecule has 0 saturated carbocycles. The highest BCUT2D eigenvalue weighted by Gasteiger charge is 2.26. The van der Waals surface area contributed by atoms with E-state index < -0.39 is 0 Å². The predicted molar refractivity (Wildman–Crippen MR) is 97.7 cm³/mol. The normalized spacial score (nSPS) is 17.0. The minimum Gasteiger partial charge on any atom is -0.342 e. The molecule has 3 nitrogen and oxygen atoms in total. The van der Waals surface area contributed by atoms with Gasteiger partial charge in [0.2, 0.25) is 5.91 Å². The molecule has 1 unspecified atom stereocenters. The van der Waals surface area contributed by atoms with Crippen LogP contribution in [0.2, 0.25) is 10.0 Å². The van der Waals surface area contributed by atoms with E-state index >= 15 is 0 Å². The van der Waals surface area contributed by atoms with Crippen molar-refractivity contribution >= 4 is 53.3 Å². The topological polar surface area (TPSA) is 32.3 Å². The maximum atomic E-state index is 12.5. The van der Waals surface area contributed by atoms with Gasteiger partial charge < -0.3 is 10.2 Å². The summed E-state index contributed by atoms with van der Waals surface area (Å²) < 4.78 is 0. The molecule has 1 amide bonds. The summed E-state index contributed by atoms with van der Waals surface area (Å²) in [6.45, 7) is 3.56. The lowest BCUT2D eigenvalue weighted by molar-refractivity contribution is -0.131. The summed E-state index contributed by atoms with van der Waals surface area (Å²) in [4.78, 5) is 15.3. The molecule has 2 rings (SSSR count). The van der Waals surface area contributed by atoms with Crippen molar-refractivity contribution in [3.8, 4) is 0 Å². The fraction of sp³-hybridized carbons (Fsp3) is 0.533. The molecular formula is C15H21Cl3N2OS. The van der Waals surface area contributed by atoms with Crippen molar-refractivity contribution < 1.29 is 4.79 Å². The molecule has 1 aliphatic rings. The Balaban J connectivity index is 0.00000242. The number of hydrogen-bond acceptors (Lipinski definition) is 3. The molecule has 0 bridgehead atoms. The molecule has 1 heterocycles. The molecule has 0 radical (unpaired) electrons. The number of benzene rings is 1. The van der Waals surface area contributed by atoms with E-state index in [0.29, 0.717) is 16.1 Å². The van der Waals surface area contributed by atoms with Crippen molar-refractivity contribution in [2.75, 3.05) is 20.1 Å². The first kappa shape index (κ1) is 19.9. The van der Waals surface area contributed by atoms with Crippen LogP contribution in [0.25, 0.3) is 0 Å². The maximum absolute atomic E-state index is 12.5. The fourth-order valence-electron chi connectivity index (χ4n) is 2.45. The molecular weight excluding hydrogens is 363 g/mol. The number of nitrogens with zero attached hydrogens (tertiary/aromatic N) is 1. The number of carbonyl (C=O) groups excluding carboxylic acids is 1. The molecule has 1 atom stereocenters. The van der Waals surface area contributed by atoms with E-state index in [9.17, 15) is 4.79 Å². The number of piperidine rings is 1. The number of carbonyl (C=O) groups is 1. The lowest BCUT2D eigenvalue weighted by Gasteiger charge is -2.33. The zero-order chi connectivity index (χ0) is 15.4. The number of rotatable bonds is 4. The molecule has 1 fully saturated rings. The zero-order valence-electron chi connectivity index (χ0n) is 12.6. The van der Waals surface area contributed by atoms with Crippen LogP contribution < -0.4 is 5.32 Å². The molecule has 1 N–H and O–H groups in total. The third-order valence-corrected chi connectivity index (χ3v) is 5.58.